The van der Waals surface area contributed by atoms with Gasteiger partial charge in [0.05, 0.1) is 5.56 Å². The molecule has 1 aromatic carbocycles. The van der Waals surface area contributed by atoms with Crippen LogP contribution in [0.3, 0.4) is 0 Å². The van der Waals surface area contributed by atoms with Crippen LogP contribution in [0.25, 0.3) is 10.9 Å². The molecule has 6 nitrogen and oxygen atoms in total. The quantitative estimate of drug-likeness (QED) is 0.639. The van der Waals surface area contributed by atoms with Gasteiger partial charge >= 0.3 is 12.0 Å². The molecule has 2 heterocycles. The number of esters is 1. The van der Waals surface area contributed by atoms with Gasteiger partial charge in [-0.15, -0.1) is 0 Å². The van der Waals surface area contributed by atoms with Gasteiger partial charge in [0.2, 0.25) is 6.23 Å². The molecule has 0 radical (unpaired) electrons. The van der Waals surface area contributed by atoms with E-state index in [1.165, 1.54) is 0 Å². The number of primary amides is 1. The van der Waals surface area contributed by atoms with Crippen LogP contribution in [-0.2, 0) is 4.74 Å². The molecule has 0 saturated heterocycles. The lowest BCUT2D eigenvalue weighted by atomic mass is 10.0. The lowest BCUT2D eigenvalue weighted by Crippen LogP contribution is -2.37. The average Bonchev–Trinajstić information content (AvgIpc) is 2.69. The Bertz CT molecular complexity index is 632. The zero-order valence-corrected chi connectivity index (χ0v) is 8.69. The summed E-state index contributed by atoms with van der Waals surface area (Å²) in [7, 11) is 0. The van der Waals surface area contributed by atoms with Gasteiger partial charge in [-0.25, -0.2) is 9.59 Å². The topological polar surface area (TPSA) is 97.2 Å². The van der Waals surface area contributed by atoms with Crippen LogP contribution in [0, 0.1) is 0 Å². The number of amides is 2. The van der Waals surface area contributed by atoms with Crippen molar-refractivity contribution in [3.63, 3.8) is 0 Å². The first-order valence-electron chi connectivity index (χ1n) is 5.04. The van der Waals surface area contributed by atoms with E-state index in [1.54, 1.807) is 18.3 Å². The van der Waals surface area contributed by atoms with E-state index in [9.17, 15) is 9.59 Å². The van der Waals surface area contributed by atoms with Crippen LogP contribution in [0.15, 0.2) is 24.4 Å². The van der Waals surface area contributed by atoms with Crippen molar-refractivity contribution in [2.24, 2.45) is 5.73 Å². The smallest absolute Gasteiger partial charge is 0.341 e. The van der Waals surface area contributed by atoms with Crippen molar-refractivity contribution in [1.29, 1.82) is 0 Å². The summed E-state index contributed by atoms with van der Waals surface area (Å²) in [6.45, 7) is 0. The van der Waals surface area contributed by atoms with E-state index in [-0.39, 0.29) is 0 Å². The largest absolute Gasteiger partial charge is 0.434 e. The molecule has 1 atom stereocenters. The molecule has 0 fully saturated rings. The van der Waals surface area contributed by atoms with Gasteiger partial charge in [-0.05, 0) is 12.1 Å². The molecule has 0 aliphatic carbocycles. The summed E-state index contributed by atoms with van der Waals surface area (Å²) in [5, 5.41) is 3.14. The van der Waals surface area contributed by atoms with Crippen LogP contribution >= 0.6 is 0 Å². The summed E-state index contributed by atoms with van der Waals surface area (Å²) < 4.78 is 5.10. The predicted octanol–water partition coefficient (Wildman–Crippen LogP) is 1.01. The number of aromatic amines is 1. The zero-order chi connectivity index (χ0) is 12.0. The SMILES string of the molecule is NC(=O)N[C@H]1OC(=O)c2cccc3[nH]cc1c23. The fraction of sp³-hybridized carbons (Fsp3) is 0.0909. The number of nitrogens with two attached hydrogens (primary N) is 1. The van der Waals surface area contributed by atoms with Gasteiger partial charge in [0.25, 0.3) is 0 Å². The van der Waals surface area contributed by atoms with E-state index in [1.807, 2.05) is 6.07 Å². The lowest BCUT2D eigenvalue weighted by Gasteiger charge is -2.22. The molecule has 0 saturated carbocycles. The molecule has 1 aromatic heterocycles. The maximum atomic E-state index is 11.7. The molecular weight excluding hydrogens is 222 g/mol. The molecule has 0 bridgehead atoms. The first-order chi connectivity index (χ1) is 8.16. The highest BCUT2D eigenvalue weighted by molar-refractivity contribution is 6.07. The van der Waals surface area contributed by atoms with Crippen molar-refractivity contribution >= 4 is 22.9 Å². The third-order valence-electron chi connectivity index (χ3n) is 2.74. The highest BCUT2D eigenvalue weighted by atomic mass is 16.6. The highest BCUT2D eigenvalue weighted by Crippen LogP contribution is 2.33. The van der Waals surface area contributed by atoms with Crippen LogP contribution in [0.2, 0.25) is 0 Å². The molecule has 1 aliphatic rings. The number of hydrogen-bond donors (Lipinski definition) is 3. The molecule has 86 valence electrons. The number of aromatic nitrogens is 1. The first kappa shape index (κ1) is 9.71. The van der Waals surface area contributed by atoms with Gasteiger partial charge in [0.15, 0.2) is 0 Å². The van der Waals surface area contributed by atoms with Crippen LogP contribution in [0.5, 0.6) is 0 Å². The van der Waals surface area contributed by atoms with Crippen LogP contribution in [0.1, 0.15) is 22.1 Å². The average molecular weight is 231 g/mol. The Morgan fingerprint density at radius 2 is 2.29 bits per heavy atom. The van der Waals surface area contributed by atoms with E-state index < -0.39 is 18.2 Å². The number of benzene rings is 1. The third-order valence-corrected chi connectivity index (χ3v) is 2.74. The van der Waals surface area contributed by atoms with Gasteiger partial charge in [-0.2, -0.15) is 0 Å². The third kappa shape index (κ3) is 1.34. The Morgan fingerprint density at radius 1 is 1.47 bits per heavy atom. The fourth-order valence-corrected chi connectivity index (χ4v) is 2.06. The van der Waals surface area contributed by atoms with Crippen LogP contribution in [0.4, 0.5) is 4.79 Å². The van der Waals surface area contributed by atoms with Crippen molar-refractivity contribution in [3.8, 4) is 0 Å². The number of hydrogen-bond acceptors (Lipinski definition) is 3. The minimum absolute atomic E-state index is 0.471. The van der Waals surface area contributed by atoms with Crippen molar-refractivity contribution < 1.29 is 14.3 Å². The summed E-state index contributed by atoms with van der Waals surface area (Å²) in [6, 6.07) is 4.56. The Hall–Kier alpha value is -2.50. The Kier molecular flexibility index (Phi) is 1.85. The van der Waals surface area contributed by atoms with Gasteiger partial charge in [0.1, 0.15) is 0 Å². The van der Waals surface area contributed by atoms with Crippen molar-refractivity contribution in [2.75, 3.05) is 0 Å². The highest BCUT2D eigenvalue weighted by Gasteiger charge is 2.30. The van der Waals surface area contributed by atoms with Crippen molar-refractivity contribution in [1.82, 2.24) is 10.3 Å². The van der Waals surface area contributed by atoms with E-state index >= 15 is 0 Å². The van der Waals surface area contributed by atoms with Gasteiger partial charge in [-0.3, -0.25) is 5.32 Å². The van der Waals surface area contributed by atoms with Gasteiger partial charge < -0.3 is 15.5 Å². The molecule has 2 amide bonds. The van der Waals surface area contributed by atoms with E-state index in [0.29, 0.717) is 11.1 Å². The minimum atomic E-state index is -0.830. The number of carbonyl (C=O) groups excluding carboxylic acids is 2. The molecule has 17 heavy (non-hydrogen) atoms. The van der Waals surface area contributed by atoms with Gasteiger partial charge in [0, 0.05) is 22.7 Å². The second kappa shape index (κ2) is 3.24. The molecule has 3 rings (SSSR count). The van der Waals surface area contributed by atoms with Crippen LogP contribution < -0.4 is 11.1 Å². The summed E-state index contributed by atoms with van der Waals surface area (Å²) in [5.41, 5.74) is 7.05. The maximum absolute atomic E-state index is 11.7. The summed E-state index contributed by atoms with van der Waals surface area (Å²) in [6.07, 6.45) is 0.866. The second-order valence-electron chi connectivity index (χ2n) is 3.77. The second-order valence-corrected chi connectivity index (χ2v) is 3.77. The van der Waals surface area contributed by atoms with Crippen molar-refractivity contribution in [2.45, 2.75) is 6.23 Å². The molecule has 6 heteroatoms. The lowest BCUT2D eigenvalue weighted by molar-refractivity contribution is 0.0231. The first-order valence-corrected chi connectivity index (χ1v) is 5.04. The number of urea groups is 1. The fourth-order valence-electron chi connectivity index (χ4n) is 2.06. The van der Waals surface area contributed by atoms with E-state index in [0.717, 1.165) is 10.9 Å². The maximum Gasteiger partial charge on any atom is 0.341 e. The summed E-state index contributed by atoms with van der Waals surface area (Å²) >= 11 is 0. The monoisotopic (exact) mass is 231 g/mol. The molecule has 4 N–H and O–H groups in total. The number of rotatable bonds is 1. The number of cyclic esters (lactones) is 1. The van der Waals surface area contributed by atoms with Gasteiger partial charge in [-0.1, -0.05) is 6.07 Å². The normalized spacial score (nSPS) is 17.9. The number of ether oxygens (including phenoxy) is 1. The van der Waals surface area contributed by atoms with Crippen LogP contribution in [-0.4, -0.2) is 17.0 Å². The molecule has 2 aromatic rings. The molecule has 0 spiro atoms. The Labute approximate surface area is 95.7 Å². The predicted molar refractivity (Wildman–Crippen MR) is 59.2 cm³/mol. The number of H-pyrrole nitrogens is 1. The molecular formula is C11H9N3O3. The Balaban J connectivity index is 2.21. The number of nitrogens with one attached hydrogen (secondary N) is 2. The minimum Gasteiger partial charge on any atom is -0.434 e. The number of carbonyl (C=O) groups is 2. The van der Waals surface area contributed by atoms with E-state index in [4.69, 9.17) is 10.5 Å². The van der Waals surface area contributed by atoms with Crippen molar-refractivity contribution in [3.05, 3.63) is 35.5 Å². The molecule has 1 aliphatic heterocycles. The summed E-state index contributed by atoms with van der Waals surface area (Å²) in [4.78, 5) is 25.6. The van der Waals surface area contributed by atoms with E-state index in [2.05, 4.69) is 10.3 Å². The summed E-state index contributed by atoms with van der Waals surface area (Å²) in [5.74, 6) is -0.471. The molecule has 0 unspecified atom stereocenters. The zero-order valence-electron chi connectivity index (χ0n) is 8.69. The standard InChI is InChI=1S/C11H9N3O3/c12-11(16)14-9-6-4-13-7-3-1-2-5(8(6)7)10(15)17-9/h1-4,9,13H,(H3,12,14,16)/t9-/m0/s1. The Morgan fingerprint density at radius 3 is 3.06 bits per heavy atom.